The normalized spacial score (nSPS) is 13.9. The Morgan fingerprint density at radius 3 is 1.19 bits per heavy atom. The topological polar surface area (TPSA) is 89.8 Å². The third-order valence-electron chi connectivity index (χ3n) is 10.5. The minimum absolute atomic E-state index is 0.376. The Kier molecular flexibility index (Phi) is 41.1. The molecule has 0 heterocycles. The van der Waals surface area contributed by atoms with E-state index in [1.54, 1.807) is 6.08 Å². The van der Waals surface area contributed by atoms with Gasteiger partial charge in [-0.1, -0.05) is 211 Å². The average molecular weight is 732 g/mol. The van der Waals surface area contributed by atoms with E-state index in [2.05, 4.69) is 43.5 Å². The predicted molar refractivity (Wildman–Crippen MR) is 227 cm³/mol. The first-order valence-corrected chi connectivity index (χ1v) is 22.8. The molecule has 0 aliphatic carbocycles. The number of rotatable bonds is 41. The van der Waals surface area contributed by atoms with E-state index in [1.165, 1.54) is 173 Å². The van der Waals surface area contributed by atoms with Crippen LogP contribution in [-0.2, 0) is 4.79 Å². The van der Waals surface area contributed by atoms with Crippen molar-refractivity contribution in [2.75, 3.05) is 6.61 Å². The number of carbonyl (C=O) groups excluding carboxylic acids is 1. The number of amides is 1. The molecule has 0 aromatic carbocycles. The maximum Gasteiger partial charge on any atom is 0.249 e. The van der Waals surface area contributed by atoms with Crippen LogP contribution in [0.2, 0.25) is 0 Å². The summed E-state index contributed by atoms with van der Waals surface area (Å²) in [4.78, 5) is 12.4. The highest BCUT2D eigenvalue weighted by atomic mass is 16.3. The lowest BCUT2D eigenvalue weighted by Crippen LogP contribution is -2.48. The van der Waals surface area contributed by atoms with Gasteiger partial charge in [0.1, 0.15) is 6.10 Å². The van der Waals surface area contributed by atoms with Crippen molar-refractivity contribution in [3.05, 3.63) is 36.5 Å². The summed E-state index contributed by atoms with van der Waals surface area (Å²) in [6.45, 7) is 4.13. The molecule has 0 saturated carbocycles. The first kappa shape index (κ1) is 50.6. The SMILES string of the molecule is CCCCCC/C=C/CC/C=C/C(O)C(CO)NC(=O)C(O)CCCCCCCCCCCCCC/C=C\CCCCCCCCCCCCCC. The summed E-state index contributed by atoms with van der Waals surface area (Å²) in [6.07, 6.45) is 53.5. The van der Waals surface area contributed by atoms with Crippen molar-refractivity contribution >= 4 is 5.91 Å². The zero-order chi connectivity index (χ0) is 38.0. The molecule has 0 bridgehead atoms. The van der Waals surface area contributed by atoms with E-state index < -0.39 is 24.2 Å². The van der Waals surface area contributed by atoms with E-state index in [4.69, 9.17) is 0 Å². The number of allylic oxidation sites excluding steroid dienone is 5. The van der Waals surface area contributed by atoms with E-state index in [0.717, 1.165) is 38.5 Å². The molecule has 0 rings (SSSR count). The van der Waals surface area contributed by atoms with Crippen LogP contribution >= 0.6 is 0 Å². The number of aliphatic hydroxyl groups is 3. The molecule has 3 atom stereocenters. The van der Waals surface area contributed by atoms with Crippen LogP contribution in [0.25, 0.3) is 0 Å². The van der Waals surface area contributed by atoms with Crippen molar-refractivity contribution in [3.8, 4) is 0 Å². The maximum absolute atomic E-state index is 12.4. The summed E-state index contributed by atoms with van der Waals surface area (Å²) in [5.41, 5.74) is 0. The van der Waals surface area contributed by atoms with Gasteiger partial charge in [-0.25, -0.2) is 0 Å². The quantitative estimate of drug-likeness (QED) is 0.0372. The summed E-state index contributed by atoms with van der Waals surface area (Å²) >= 11 is 0. The fraction of sp³-hybridized carbons (Fsp3) is 0.851. The Morgan fingerprint density at radius 1 is 0.462 bits per heavy atom. The number of hydrogen-bond donors (Lipinski definition) is 4. The molecule has 306 valence electrons. The highest BCUT2D eigenvalue weighted by Crippen LogP contribution is 2.15. The third kappa shape index (κ3) is 36.9. The summed E-state index contributed by atoms with van der Waals surface area (Å²) < 4.78 is 0. The number of nitrogens with one attached hydrogen (secondary N) is 1. The molecule has 3 unspecified atom stereocenters. The largest absolute Gasteiger partial charge is 0.394 e. The number of aliphatic hydroxyl groups excluding tert-OH is 3. The molecule has 5 heteroatoms. The van der Waals surface area contributed by atoms with Crippen LogP contribution in [0.3, 0.4) is 0 Å². The molecule has 0 radical (unpaired) electrons. The molecule has 1 amide bonds. The van der Waals surface area contributed by atoms with E-state index in [1.807, 2.05) is 6.08 Å². The molecule has 4 N–H and O–H groups in total. The smallest absolute Gasteiger partial charge is 0.249 e. The second kappa shape index (κ2) is 42.3. The second-order valence-corrected chi connectivity index (χ2v) is 15.6. The summed E-state index contributed by atoms with van der Waals surface area (Å²) in [7, 11) is 0. The maximum atomic E-state index is 12.4. The lowest BCUT2D eigenvalue weighted by molar-refractivity contribution is -0.131. The molecule has 0 saturated heterocycles. The molecule has 5 nitrogen and oxygen atoms in total. The van der Waals surface area contributed by atoms with Crippen LogP contribution < -0.4 is 5.32 Å². The van der Waals surface area contributed by atoms with E-state index in [9.17, 15) is 20.1 Å². The van der Waals surface area contributed by atoms with Crippen molar-refractivity contribution in [3.63, 3.8) is 0 Å². The molecule has 0 spiro atoms. The van der Waals surface area contributed by atoms with Gasteiger partial charge < -0.3 is 20.6 Å². The molecule has 52 heavy (non-hydrogen) atoms. The van der Waals surface area contributed by atoms with Gasteiger partial charge in [0, 0.05) is 0 Å². The fourth-order valence-corrected chi connectivity index (χ4v) is 6.84. The van der Waals surface area contributed by atoms with Crippen molar-refractivity contribution < 1.29 is 20.1 Å². The van der Waals surface area contributed by atoms with Gasteiger partial charge in [0.05, 0.1) is 18.8 Å². The van der Waals surface area contributed by atoms with Crippen LogP contribution in [0.15, 0.2) is 36.5 Å². The average Bonchev–Trinajstić information content (AvgIpc) is 3.15. The first-order chi connectivity index (χ1) is 25.6. The number of hydrogen-bond acceptors (Lipinski definition) is 4. The van der Waals surface area contributed by atoms with Gasteiger partial charge in [0.2, 0.25) is 5.91 Å². The predicted octanol–water partition coefficient (Wildman–Crippen LogP) is 13.2. The molecule has 0 aromatic rings. The van der Waals surface area contributed by atoms with Gasteiger partial charge in [0.25, 0.3) is 0 Å². The number of unbranched alkanes of at least 4 members (excludes halogenated alkanes) is 29. The van der Waals surface area contributed by atoms with Gasteiger partial charge in [0.15, 0.2) is 0 Å². The second-order valence-electron chi connectivity index (χ2n) is 15.6. The zero-order valence-electron chi connectivity index (χ0n) is 34.7. The number of carbonyl (C=O) groups is 1. The Bertz CT molecular complexity index is 809. The van der Waals surface area contributed by atoms with Gasteiger partial charge in [-0.3, -0.25) is 4.79 Å². The van der Waals surface area contributed by atoms with Crippen molar-refractivity contribution in [1.82, 2.24) is 5.32 Å². The minimum atomic E-state index is -1.10. The van der Waals surface area contributed by atoms with Gasteiger partial charge >= 0.3 is 0 Å². The lowest BCUT2D eigenvalue weighted by Gasteiger charge is -2.21. The zero-order valence-corrected chi connectivity index (χ0v) is 34.7. The summed E-state index contributed by atoms with van der Waals surface area (Å²) in [5.74, 6) is -0.515. The molecule has 0 aliphatic heterocycles. The molecule has 0 fully saturated rings. The molecule has 0 aromatic heterocycles. The van der Waals surface area contributed by atoms with Crippen LogP contribution in [0.4, 0.5) is 0 Å². The van der Waals surface area contributed by atoms with E-state index >= 15 is 0 Å². The van der Waals surface area contributed by atoms with Gasteiger partial charge in [-0.15, -0.1) is 0 Å². The third-order valence-corrected chi connectivity index (χ3v) is 10.5. The Labute approximate surface area is 324 Å². The Hall–Kier alpha value is -1.43. The Morgan fingerprint density at radius 2 is 0.788 bits per heavy atom. The summed E-state index contributed by atoms with van der Waals surface area (Å²) in [5, 5.41) is 33.0. The van der Waals surface area contributed by atoms with Crippen LogP contribution in [0.1, 0.15) is 232 Å². The molecular weight excluding hydrogens is 643 g/mol. The van der Waals surface area contributed by atoms with Crippen LogP contribution in [0, 0.1) is 0 Å². The minimum Gasteiger partial charge on any atom is -0.394 e. The van der Waals surface area contributed by atoms with Gasteiger partial charge in [-0.2, -0.15) is 0 Å². The molecule has 0 aliphatic rings. The molecular formula is C47H89NO4. The standard InChI is InChI=1S/C47H89NO4/c1-3-5-7-9-11-13-15-16-17-18-19-20-21-22-23-24-25-26-27-28-29-30-31-32-34-36-38-40-42-46(51)47(52)48-44(43-49)45(50)41-39-37-35-33-14-12-10-8-6-4-2/h14,22-23,33,39,41,44-46,49-51H,3-13,15-21,24-32,34-38,40,42-43H2,1-2H3,(H,48,52)/b23-22-,33-14+,41-39+. The van der Waals surface area contributed by atoms with E-state index in [-0.39, 0.29) is 6.61 Å². The summed E-state index contributed by atoms with van der Waals surface area (Å²) in [6, 6.07) is -0.812. The Balaban J connectivity index is 3.56. The fourth-order valence-electron chi connectivity index (χ4n) is 6.84. The van der Waals surface area contributed by atoms with Crippen LogP contribution in [0.5, 0.6) is 0 Å². The highest BCUT2D eigenvalue weighted by molar-refractivity contribution is 5.80. The van der Waals surface area contributed by atoms with E-state index in [0.29, 0.717) is 6.42 Å². The highest BCUT2D eigenvalue weighted by Gasteiger charge is 2.22. The van der Waals surface area contributed by atoms with Crippen molar-refractivity contribution in [2.45, 2.75) is 250 Å². The van der Waals surface area contributed by atoms with Crippen molar-refractivity contribution in [2.24, 2.45) is 0 Å². The first-order valence-electron chi connectivity index (χ1n) is 22.8. The van der Waals surface area contributed by atoms with Gasteiger partial charge in [-0.05, 0) is 57.8 Å². The monoisotopic (exact) mass is 732 g/mol. The van der Waals surface area contributed by atoms with Crippen LogP contribution in [-0.4, -0.2) is 46.1 Å². The lowest BCUT2D eigenvalue weighted by atomic mass is 10.0. The van der Waals surface area contributed by atoms with Crippen molar-refractivity contribution in [1.29, 1.82) is 0 Å².